The van der Waals surface area contributed by atoms with E-state index in [9.17, 15) is 4.79 Å². The molecule has 0 bridgehead atoms. The molecule has 5 heteroatoms. The highest BCUT2D eigenvalue weighted by molar-refractivity contribution is 9.10. The summed E-state index contributed by atoms with van der Waals surface area (Å²) in [4.78, 5) is 11.7. The van der Waals surface area contributed by atoms with Gasteiger partial charge < -0.3 is 15.2 Å². The molecule has 0 heterocycles. The van der Waals surface area contributed by atoms with Crippen LogP contribution in [0.1, 0.15) is 30.1 Å². The van der Waals surface area contributed by atoms with Gasteiger partial charge in [-0.25, -0.2) is 4.79 Å². The molecule has 0 saturated heterocycles. The molecule has 2 N–H and O–H groups in total. The van der Waals surface area contributed by atoms with Crippen molar-refractivity contribution in [2.75, 3.05) is 25.6 Å². The lowest BCUT2D eigenvalue weighted by molar-refractivity contribution is 0.0313. The van der Waals surface area contributed by atoms with Crippen molar-refractivity contribution in [1.82, 2.24) is 0 Å². The number of benzene rings is 1. The number of esters is 1. The smallest absolute Gasteiger partial charge is 0.339 e. The molecule has 0 saturated carbocycles. The second-order valence-electron chi connectivity index (χ2n) is 3.84. The van der Waals surface area contributed by atoms with Gasteiger partial charge in [-0.15, -0.1) is 0 Å². The van der Waals surface area contributed by atoms with Crippen molar-refractivity contribution < 1.29 is 14.3 Å². The van der Waals surface area contributed by atoms with Crippen LogP contribution in [-0.2, 0) is 9.47 Å². The first-order chi connectivity index (χ1) is 8.65. The van der Waals surface area contributed by atoms with Crippen molar-refractivity contribution >= 4 is 27.6 Å². The van der Waals surface area contributed by atoms with Gasteiger partial charge in [-0.2, -0.15) is 0 Å². The van der Waals surface area contributed by atoms with Crippen LogP contribution in [0.5, 0.6) is 0 Å². The maximum Gasteiger partial charge on any atom is 0.339 e. The normalized spacial score (nSPS) is 10.3. The Morgan fingerprint density at radius 3 is 2.83 bits per heavy atom. The Morgan fingerprint density at radius 2 is 2.11 bits per heavy atom. The number of carbonyl (C=O) groups excluding carboxylic acids is 1. The quantitative estimate of drug-likeness (QED) is 0.477. The summed E-state index contributed by atoms with van der Waals surface area (Å²) in [5.41, 5.74) is 6.59. The highest BCUT2D eigenvalue weighted by Gasteiger charge is 2.11. The Morgan fingerprint density at radius 1 is 1.33 bits per heavy atom. The number of ether oxygens (including phenoxy) is 2. The summed E-state index contributed by atoms with van der Waals surface area (Å²) in [5.74, 6) is -0.395. The molecular formula is C13H18BrNO3. The molecule has 0 radical (unpaired) electrons. The number of rotatable bonds is 7. The number of anilines is 1. The van der Waals surface area contributed by atoms with Gasteiger partial charge in [0.05, 0.1) is 12.2 Å². The number of hydrogen-bond acceptors (Lipinski definition) is 4. The van der Waals surface area contributed by atoms with E-state index in [4.69, 9.17) is 15.2 Å². The predicted molar refractivity (Wildman–Crippen MR) is 74.6 cm³/mol. The van der Waals surface area contributed by atoms with E-state index in [0.29, 0.717) is 28.9 Å². The maximum absolute atomic E-state index is 11.7. The molecule has 1 rings (SSSR count). The Bertz CT molecular complexity index is 396. The molecule has 0 aliphatic carbocycles. The third-order valence-electron chi connectivity index (χ3n) is 2.31. The van der Waals surface area contributed by atoms with E-state index in [1.54, 1.807) is 18.2 Å². The van der Waals surface area contributed by atoms with Gasteiger partial charge in [0.2, 0.25) is 0 Å². The SMILES string of the molecule is CCCCOCCOC(=O)c1cc(N)ccc1Br. The van der Waals surface area contributed by atoms with Crippen molar-refractivity contribution in [3.63, 3.8) is 0 Å². The molecule has 0 atom stereocenters. The molecule has 100 valence electrons. The van der Waals surface area contributed by atoms with Crippen molar-refractivity contribution in [1.29, 1.82) is 0 Å². The minimum atomic E-state index is -0.395. The number of unbranched alkanes of at least 4 members (excludes halogenated alkanes) is 1. The average Bonchev–Trinajstić information content (AvgIpc) is 2.36. The van der Waals surface area contributed by atoms with E-state index in [2.05, 4.69) is 22.9 Å². The maximum atomic E-state index is 11.7. The monoisotopic (exact) mass is 315 g/mol. The Balaban J connectivity index is 2.34. The largest absolute Gasteiger partial charge is 0.460 e. The van der Waals surface area contributed by atoms with Crippen molar-refractivity contribution in [3.05, 3.63) is 28.2 Å². The van der Waals surface area contributed by atoms with Crippen molar-refractivity contribution in [2.24, 2.45) is 0 Å². The molecule has 0 aliphatic rings. The molecule has 0 amide bonds. The van der Waals surface area contributed by atoms with E-state index >= 15 is 0 Å². The van der Waals surface area contributed by atoms with Gasteiger partial charge in [0, 0.05) is 16.8 Å². The van der Waals surface area contributed by atoms with Crippen LogP contribution < -0.4 is 5.73 Å². The Kier molecular flexibility index (Phi) is 6.75. The van der Waals surface area contributed by atoms with Crippen molar-refractivity contribution in [2.45, 2.75) is 19.8 Å². The van der Waals surface area contributed by atoms with E-state index in [1.807, 2.05) is 0 Å². The molecule has 0 unspecified atom stereocenters. The summed E-state index contributed by atoms with van der Waals surface area (Å²) in [7, 11) is 0. The van der Waals surface area contributed by atoms with Crippen LogP contribution in [0.3, 0.4) is 0 Å². The third-order valence-corrected chi connectivity index (χ3v) is 3.00. The highest BCUT2D eigenvalue weighted by atomic mass is 79.9. The van der Waals surface area contributed by atoms with Gasteiger partial charge in [-0.05, 0) is 40.5 Å². The zero-order valence-corrected chi connectivity index (χ0v) is 12.0. The fourth-order valence-electron chi connectivity index (χ4n) is 1.32. The molecule has 1 aromatic carbocycles. The van der Waals surface area contributed by atoms with Crippen LogP contribution in [-0.4, -0.2) is 25.8 Å². The van der Waals surface area contributed by atoms with Crippen LogP contribution in [0.15, 0.2) is 22.7 Å². The van der Waals surface area contributed by atoms with Crippen LogP contribution in [0, 0.1) is 0 Å². The van der Waals surface area contributed by atoms with Gasteiger partial charge in [-0.3, -0.25) is 0 Å². The number of hydrogen-bond donors (Lipinski definition) is 1. The topological polar surface area (TPSA) is 61.5 Å². The second-order valence-corrected chi connectivity index (χ2v) is 4.70. The molecule has 18 heavy (non-hydrogen) atoms. The second kappa shape index (κ2) is 8.11. The van der Waals surface area contributed by atoms with Crippen LogP contribution in [0.4, 0.5) is 5.69 Å². The fraction of sp³-hybridized carbons (Fsp3) is 0.462. The first-order valence-electron chi connectivity index (χ1n) is 5.95. The third kappa shape index (κ3) is 5.06. The van der Waals surface area contributed by atoms with Gasteiger partial charge in [-0.1, -0.05) is 13.3 Å². The summed E-state index contributed by atoms with van der Waals surface area (Å²) >= 11 is 3.29. The number of nitrogen functional groups attached to an aromatic ring is 1. The standard InChI is InChI=1S/C13H18BrNO3/c1-2-3-6-17-7-8-18-13(16)11-9-10(15)4-5-12(11)14/h4-5,9H,2-3,6-8,15H2,1H3. The van der Waals surface area contributed by atoms with Crippen LogP contribution in [0.2, 0.25) is 0 Å². The van der Waals surface area contributed by atoms with E-state index in [0.717, 1.165) is 12.8 Å². The van der Waals surface area contributed by atoms with Crippen LogP contribution >= 0.6 is 15.9 Å². The summed E-state index contributed by atoms with van der Waals surface area (Å²) in [6.07, 6.45) is 2.12. The first-order valence-corrected chi connectivity index (χ1v) is 6.74. The van der Waals surface area contributed by atoms with E-state index < -0.39 is 5.97 Å². The summed E-state index contributed by atoms with van der Waals surface area (Å²) in [5, 5.41) is 0. The van der Waals surface area contributed by atoms with Gasteiger partial charge in [0.15, 0.2) is 0 Å². The number of carbonyl (C=O) groups is 1. The molecule has 0 spiro atoms. The van der Waals surface area contributed by atoms with Crippen molar-refractivity contribution in [3.8, 4) is 0 Å². The number of halogens is 1. The van der Waals surface area contributed by atoms with Gasteiger partial charge in [0.1, 0.15) is 6.61 Å². The molecule has 1 aromatic rings. The van der Waals surface area contributed by atoms with E-state index in [-0.39, 0.29) is 6.61 Å². The summed E-state index contributed by atoms with van der Waals surface area (Å²) in [6.45, 7) is 3.48. The lowest BCUT2D eigenvalue weighted by atomic mass is 10.2. The highest BCUT2D eigenvalue weighted by Crippen LogP contribution is 2.20. The first kappa shape index (κ1) is 15.0. The van der Waals surface area contributed by atoms with Gasteiger partial charge in [0.25, 0.3) is 0 Å². The van der Waals surface area contributed by atoms with Gasteiger partial charge >= 0.3 is 5.97 Å². The predicted octanol–water partition coefficient (Wildman–Crippen LogP) is 3.00. The Labute approximate surface area is 116 Å². The molecular weight excluding hydrogens is 298 g/mol. The van der Waals surface area contributed by atoms with E-state index in [1.165, 1.54) is 0 Å². The average molecular weight is 316 g/mol. The summed E-state index contributed by atoms with van der Waals surface area (Å²) in [6, 6.07) is 5.03. The minimum absolute atomic E-state index is 0.254. The molecule has 0 aromatic heterocycles. The molecule has 0 aliphatic heterocycles. The minimum Gasteiger partial charge on any atom is -0.460 e. The molecule has 0 fully saturated rings. The fourth-order valence-corrected chi connectivity index (χ4v) is 1.73. The summed E-state index contributed by atoms with van der Waals surface area (Å²) < 4.78 is 11.1. The molecule has 4 nitrogen and oxygen atoms in total. The lowest BCUT2D eigenvalue weighted by Gasteiger charge is -2.07. The van der Waals surface area contributed by atoms with Crippen LogP contribution in [0.25, 0.3) is 0 Å². The zero-order chi connectivity index (χ0) is 13.4. The number of nitrogens with two attached hydrogens (primary N) is 1. The lowest BCUT2D eigenvalue weighted by Crippen LogP contribution is -2.12. The Hall–Kier alpha value is -1.07. The zero-order valence-electron chi connectivity index (χ0n) is 10.4.